The number of amides is 1. The summed E-state index contributed by atoms with van der Waals surface area (Å²) in [5.74, 6) is 0. The molecule has 0 aromatic carbocycles. The molecular weight excluding hydrogens is 192 g/mol. The highest BCUT2D eigenvalue weighted by atomic mass is 16.6. The molecule has 0 radical (unpaired) electrons. The first-order valence-corrected chi connectivity index (χ1v) is 5.68. The summed E-state index contributed by atoms with van der Waals surface area (Å²) >= 11 is 0. The molecule has 2 unspecified atom stereocenters. The molecule has 0 aromatic rings. The molecule has 1 N–H and O–H groups in total. The van der Waals surface area contributed by atoms with Crippen molar-refractivity contribution in [1.82, 2.24) is 5.32 Å². The average Bonchev–Trinajstić information content (AvgIpc) is 2.39. The number of carbonyl (C=O) groups excluding carboxylic acids is 1. The maximum Gasteiger partial charge on any atom is 0.518 e. The first-order valence-electron chi connectivity index (χ1n) is 5.68. The van der Waals surface area contributed by atoms with Crippen LogP contribution in [-0.2, 0) is 4.74 Å². The number of nitrogens with zero attached hydrogens (tertiary/aromatic N) is 1. The summed E-state index contributed by atoms with van der Waals surface area (Å²) in [5, 5.41) is 3.29. The molecule has 2 aliphatic rings. The molecule has 15 heavy (non-hydrogen) atoms. The third-order valence-electron chi connectivity index (χ3n) is 3.54. The maximum absolute atomic E-state index is 12.2. The third-order valence-corrected chi connectivity index (χ3v) is 3.54. The van der Waals surface area contributed by atoms with Gasteiger partial charge in [-0.15, -0.1) is 0 Å². The summed E-state index contributed by atoms with van der Waals surface area (Å²) in [7, 11) is 0. The van der Waals surface area contributed by atoms with Crippen LogP contribution >= 0.6 is 0 Å². The van der Waals surface area contributed by atoms with Gasteiger partial charge in [-0.3, -0.25) is 5.32 Å². The Morgan fingerprint density at radius 1 is 1.47 bits per heavy atom. The van der Waals surface area contributed by atoms with Gasteiger partial charge in [-0.1, -0.05) is 0 Å². The number of hydrogen-bond donors (Lipinski definition) is 1. The number of quaternary nitrogens is 1. The van der Waals surface area contributed by atoms with E-state index in [-0.39, 0.29) is 11.7 Å². The smallest absolute Gasteiger partial charge is 0.414 e. The highest BCUT2D eigenvalue weighted by molar-refractivity contribution is 5.62. The van der Waals surface area contributed by atoms with Crippen LogP contribution in [0.1, 0.15) is 34.1 Å². The minimum Gasteiger partial charge on any atom is -0.414 e. The van der Waals surface area contributed by atoms with Crippen LogP contribution in [0.4, 0.5) is 4.79 Å². The molecule has 0 aliphatic carbocycles. The summed E-state index contributed by atoms with van der Waals surface area (Å²) in [6, 6.07) is 0.842. The van der Waals surface area contributed by atoms with E-state index in [1.807, 2.05) is 20.8 Å². The molecule has 2 saturated heterocycles. The van der Waals surface area contributed by atoms with E-state index in [9.17, 15) is 4.79 Å². The first kappa shape index (κ1) is 10.9. The summed E-state index contributed by atoms with van der Waals surface area (Å²) in [4.78, 5) is 12.2. The lowest BCUT2D eigenvalue weighted by Crippen LogP contribution is -2.71. The van der Waals surface area contributed by atoms with Crippen LogP contribution in [0.3, 0.4) is 0 Å². The predicted octanol–water partition coefficient (Wildman–Crippen LogP) is 1.46. The van der Waals surface area contributed by atoms with Gasteiger partial charge < -0.3 is 4.74 Å². The van der Waals surface area contributed by atoms with Crippen LogP contribution in [-0.4, -0.2) is 41.5 Å². The minimum atomic E-state index is -0.382. The third kappa shape index (κ3) is 1.56. The lowest BCUT2D eigenvalue weighted by atomic mass is 9.92. The Hall–Kier alpha value is -0.610. The maximum atomic E-state index is 12.2. The number of rotatable bonds is 0. The van der Waals surface area contributed by atoms with Gasteiger partial charge in [0, 0.05) is 0 Å². The van der Waals surface area contributed by atoms with Crippen molar-refractivity contribution >= 4 is 6.09 Å². The highest BCUT2D eigenvalue weighted by Gasteiger charge is 2.62. The Bertz CT molecular complexity index is 285. The molecule has 2 heterocycles. The molecule has 2 aliphatic heterocycles. The average molecular weight is 213 g/mol. The molecule has 0 saturated carbocycles. The number of hydrogen-bond acceptors (Lipinski definition) is 3. The number of nitrogens with one attached hydrogen (secondary N) is 1. The fourth-order valence-electron chi connectivity index (χ4n) is 2.68. The SMILES string of the molecule is CC1C[C@@H]2CNC[N+]12C(=O)OC(C)(C)C. The van der Waals surface area contributed by atoms with Gasteiger partial charge in [-0.25, -0.2) is 4.48 Å². The van der Waals surface area contributed by atoms with Gasteiger partial charge in [-0.2, -0.15) is 4.79 Å². The van der Waals surface area contributed by atoms with Crippen molar-refractivity contribution < 1.29 is 14.0 Å². The lowest BCUT2D eigenvalue weighted by Gasteiger charge is -2.49. The molecule has 4 heteroatoms. The van der Waals surface area contributed by atoms with Crippen molar-refractivity contribution in [2.75, 3.05) is 13.2 Å². The predicted molar refractivity (Wildman–Crippen MR) is 57.2 cm³/mol. The fourth-order valence-corrected chi connectivity index (χ4v) is 2.68. The standard InChI is InChI=1S/C11H21N2O2/c1-8-5-9-6-12-7-13(8,9)10(14)15-11(2,3)4/h8-9,12H,5-7H2,1-4H3/q+1/t8?,9-,13?/m1/s1. The van der Waals surface area contributed by atoms with Crippen molar-refractivity contribution in [3.05, 3.63) is 0 Å². The Balaban J connectivity index is 2.12. The highest BCUT2D eigenvalue weighted by Crippen LogP contribution is 2.39. The summed E-state index contributed by atoms with van der Waals surface area (Å²) in [6.45, 7) is 9.59. The van der Waals surface area contributed by atoms with E-state index in [1.165, 1.54) is 0 Å². The van der Waals surface area contributed by atoms with Gasteiger partial charge in [-0.05, 0) is 27.7 Å². The van der Waals surface area contributed by atoms with Crippen LogP contribution in [0, 0.1) is 0 Å². The quantitative estimate of drug-likeness (QED) is 0.619. The van der Waals surface area contributed by atoms with Crippen LogP contribution in [0.25, 0.3) is 0 Å². The van der Waals surface area contributed by atoms with Gasteiger partial charge in [0.1, 0.15) is 24.4 Å². The molecule has 1 amide bonds. The van der Waals surface area contributed by atoms with E-state index in [0.717, 1.165) is 19.6 Å². The molecule has 2 rings (SSSR count). The minimum absolute atomic E-state index is 0.0590. The van der Waals surface area contributed by atoms with Crippen molar-refractivity contribution in [2.24, 2.45) is 0 Å². The Morgan fingerprint density at radius 2 is 2.13 bits per heavy atom. The summed E-state index contributed by atoms with van der Waals surface area (Å²) in [5.41, 5.74) is -0.382. The largest absolute Gasteiger partial charge is 0.518 e. The van der Waals surface area contributed by atoms with Crippen molar-refractivity contribution in [3.8, 4) is 0 Å². The Kier molecular flexibility index (Phi) is 2.32. The van der Waals surface area contributed by atoms with Gasteiger partial charge in [0.2, 0.25) is 0 Å². The topological polar surface area (TPSA) is 38.3 Å². The van der Waals surface area contributed by atoms with Crippen LogP contribution in [0.5, 0.6) is 0 Å². The van der Waals surface area contributed by atoms with Crippen molar-refractivity contribution in [1.29, 1.82) is 0 Å². The summed E-state index contributed by atoms with van der Waals surface area (Å²) in [6.07, 6.45) is 1.07. The van der Waals surface area contributed by atoms with E-state index >= 15 is 0 Å². The van der Waals surface area contributed by atoms with Gasteiger partial charge in [0.05, 0.1) is 13.0 Å². The van der Waals surface area contributed by atoms with Gasteiger partial charge >= 0.3 is 6.09 Å². The zero-order valence-corrected chi connectivity index (χ0v) is 10.0. The first-order chi connectivity index (χ1) is 6.86. The Labute approximate surface area is 91.2 Å². The molecule has 4 nitrogen and oxygen atoms in total. The number of ether oxygens (including phenoxy) is 1. The van der Waals surface area contributed by atoms with Crippen LogP contribution in [0.15, 0.2) is 0 Å². The van der Waals surface area contributed by atoms with Crippen molar-refractivity contribution in [3.63, 3.8) is 0 Å². The van der Waals surface area contributed by atoms with E-state index < -0.39 is 0 Å². The molecule has 0 bridgehead atoms. The molecule has 0 aromatic heterocycles. The van der Waals surface area contributed by atoms with E-state index in [2.05, 4.69) is 12.2 Å². The number of fused-ring (bicyclic) bond motifs is 1. The fraction of sp³-hybridized carbons (Fsp3) is 0.909. The molecule has 86 valence electrons. The van der Waals surface area contributed by atoms with E-state index in [0.29, 0.717) is 16.6 Å². The normalized spacial score (nSPS) is 39.5. The molecular formula is C11H21N2O2+. The Morgan fingerprint density at radius 3 is 2.60 bits per heavy atom. The van der Waals surface area contributed by atoms with Gasteiger partial charge in [0.15, 0.2) is 0 Å². The second kappa shape index (κ2) is 3.19. The zero-order chi connectivity index (χ0) is 11.3. The van der Waals surface area contributed by atoms with Crippen molar-refractivity contribution in [2.45, 2.75) is 51.8 Å². The second-order valence-electron chi connectivity index (χ2n) is 5.76. The number of carbonyl (C=O) groups is 1. The van der Waals surface area contributed by atoms with Gasteiger partial charge in [0.25, 0.3) is 0 Å². The molecule has 0 spiro atoms. The lowest BCUT2D eigenvalue weighted by molar-refractivity contribution is -0.936. The zero-order valence-electron chi connectivity index (χ0n) is 10.0. The van der Waals surface area contributed by atoms with Crippen LogP contribution in [0.2, 0.25) is 0 Å². The second-order valence-corrected chi connectivity index (χ2v) is 5.76. The molecule has 3 atom stereocenters. The van der Waals surface area contributed by atoms with E-state index in [1.54, 1.807) is 0 Å². The summed E-state index contributed by atoms with van der Waals surface area (Å²) < 4.78 is 6.01. The monoisotopic (exact) mass is 213 g/mol. The van der Waals surface area contributed by atoms with Crippen LogP contribution < -0.4 is 5.32 Å². The molecule has 2 fully saturated rings. The van der Waals surface area contributed by atoms with E-state index in [4.69, 9.17) is 4.74 Å².